The molecule has 2 rings (SSSR count). The van der Waals surface area contributed by atoms with Gasteiger partial charge in [-0.15, -0.1) is 0 Å². The van der Waals surface area contributed by atoms with Crippen molar-refractivity contribution < 1.29 is 19.4 Å². The van der Waals surface area contributed by atoms with Crippen molar-refractivity contribution in [3.8, 4) is 5.75 Å². The van der Waals surface area contributed by atoms with Crippen LogP contribution >= 0.6 is 0 Å². The summed E-state index contributed by atoms with van der Waals surface area (Å²) in [4.78, 5) is 22.4. The molecule has 1 heterocycles. The first kappa shape index (κ1) is 13.4. The molecule has 19 heavy (non-hydrogen) atoms. The molecule has 1 aromatic rings. The van der Waals surface area contributed by atoms with Crippen molar-refractivity contribution in [3.05, 3.63) is 23.8 Å². The monoisotopic (exact) mass is 263 g/mol. The van der Waals surface area contributed by atoms with Gasteiger partial charge in [0.2, 0.25) is 0 Å². The molecule has 1 aromatic carbocycles. The Labute approximate surface area is 111 Å². The Bertz CT molecular complexity index is 531. The number of benzene rings is 1. The molecule has 0 radical (unpaired) electrons. The number of nitrogens with one attached hydrogen (secondary N) is 1. The zero-order valence-corrected chi connectivity index (χ0v) is 11.2. The molecule has 5 nitrogen and oxygen atoms in total. The highest BCUT2D eigenvalue weighted by molar-refractivity contribution is 5.99. The van der Waals surface area contributed by atoms with Crippen molar-refractivity contribution in [2.75, 3.05) is 5.32 Å². The van der Waals surface area contributed by atoms with Crippen molar-refractivity contribution >= 4 is 17.6 Å². The van der Waals surface area contributed by atoms with E-state index in [4.69, 9.17) is 9.84 Å². The maximum atomic E-state index is 11.8. The fourth-order valence-corrected chi connectivity index (χ4v) is 1.91. The van der Waals surface area contributed by atoms with Gasteiger partial charge in [-0.05, 0) is 23.1 Å². The number of carboxylic acid groups (broad SMARTS) is 1. The van der Waals surface area contributed by atoms with E-state index in [1.54, 1.807) is 6.07 Å². The normalized spacial score (nSPS) is 18.3. The van der Waals surface area contributed by atoms with Crippen molar-refractivity contribution in [1.29, 1.82) is 0 Å². The lowest BCUT2D eigenvalue weighted by Gasteiger charge is -2.27. The van der Waals surface area contributed by atoms with Crippen LogP contribution < -0.4 is 10.1 Å². The summed E-state index contributed by atoms with van der Waals surface area (Å²) < 4.78 is 5.43. The van der Waals surface area contributed by atoms with Crippen molar-refractivity contribution in [3.63, 3.8) is 0 Å². The van der Waals surface area contributed by atoms with Crippen LogP contribution in [0.15, 0.2) is 18.2 Å². The number of amides is 1. The molecule has 0 spiro atoms. The number of fused-ring (bicyclic) bond motifs is 1. The average Bonchev–Trinajstić information content (AvgIpc) is 2.27. The van der Waals surface area contributed by atoms with Gasteiger partial charge in [0.05, 0.1) is 12.1 Å². The van der Waals surface area contributed by atoms with Crippen LogP contribution in [0.1, 0.15) is 32.8 Å². The lowest BCUT2D eigenvalue weighted by atomic mass is 9.86. The Morgan fingerprint density at radius 3 is 2.68 bits per heavy atom. The topological polar surface area (TPSA) is 75.6 Å². The Morgan fingerprint density at radius 2 is 2.11 bits per heavy atom. The van der Waals surface area contributed by atoms with E-state index >= 15 is 0 Å². The minimum atomic E-state index is -1.06. The van der Waals surface area contributed by atoms with E-state index in [1.165, 1.54) is 0 Å². The molecule has 0 aromatic heterocycles. The second-order valence-electron chi connectivity index (χ2n) is 5.65. The predicted octanol–water partition coefficient (Wildman–Crippen LogP) is 2.16. The van der Waals surface area contributed by atoms with Gasteiger partial charge in [-0.3, -0.25) is 9.59 Å². The zero-order valence-electron chi connectivity index (χ0n) is 11.2. The summed E-state index contributed by atoms with van der Waals surface area (Å²) in [6.45, 7) is 6.23. The summed E-state index contributed by atoms with van der Waals surface area (Å²) in [5.41, 5.74) is 1.64. The summed E-state index contributed by atoms with van der Waals surface area (Å²) in [5.74, 6) is -0.963. The minimum Gasteiger partial charge on any atom is -0.481 e. The smallest absolute Gasteiger partial charge is 0.307 e. The van der Waals surface area contributed by atoms with Gasteiger partial charge in [0.25, 0.3) is 5.91 Å². The fraction of sp³-hybridized carbons (Fsp3) is 0.429. The van der Waals surface area contributed by atoms with Gasteiger partial charge in [0, 0.05) is 0 Å². The van der Waals surface area contributed by atoms with E-state index in [0.717, 1.165) is 5.56 Å². The molecule has 1 amide bonds. The molecule has 0 bridgehead atoms. The third-order valence-electron chi connectivity index (χ3n) is 3.03. The van der Waals surface area contributed by atoms with Crippen LogP contribution in [0.25, 0.3) is 0 Å². The van der Waals surface area contributed by atoms with Crippen LogP contribution in [-0.2, 0) is 15.0 Å². The summed E-state index contributed by atoms with van der Waals surface area (Å²) in [5, 5.41) is 11.4. The molecule has 2 N–H and O–H groups in total. The molecule has 1 atom stereocenters. The first-order valence-corrected chi connectivity index (χ1v) is 6.11. The molecule has 0 fully saturated rings. The van der Waals surface area contributed by atoms with Gasteiger partial charge in [0.15, 0.2) is 6.10 Å². The molecule has 0 saturated carbocycles. The molecule has 1 aliphatic rings. The Kier molecular flexibility index (Phi) is 3.22. The number of anilines is 1. The molecule has 0 aliphatic carbocycles. The molecule has 5 heteroatoms. The van der Waals surface area contributed by atoms with Crippen LogP contribution in [0.4, 0.5) is 5.69 Å². The SMILES string of the molecule is CC(C)(C)c1ccc2c(c1)NC(=O)C(CC(=O)O)O2. The van der Waals surface area contributed by atoms with E-state index in [2.05, 4.69) is 26.1 Å². The number of carbonyl (C=O) groups is 2. The lowest BCUT2D eigenvalue weighted by molar-refractivity contribution is -0.142. The molecule has 1 unspecified atom stereocenters. The average molecular weight is 263 g/mol. The Hall–Kier alpha value is -2.04. The molecule has 0 saturated heterocycles. The third-order valence-corrected chi connectivity index (χ3v) is 3.03. The summed E-state index contributed by atoms with van der Waals surface area (Å²) >= 11 is 0. The van der Waals surface area contributed by atoms with Gasteiger partial charge in [-0.1, -0.05) is 26.8 Å². The maximum Gasteiger partial charge on any atom is 0.307 e. The highest BCUT2D eigenvalue weighted by atomic mass is 16.5. The van der Waals surface area contributed by atoms with Crippen LogP contribution in [0, 0.1) is 0 Å². The van der Waals surface area contributed by atoms with Crippen molar-refractivity contribution in [2.45, 2.75) is 38.7 Å². The maximum absolute atomic E-state index is 11.8. The van der Waals surface area contributed by atoms with Crippen LogP contribution in [0.3, 0.4) is 0 Å². The van der Waals surface area contributed by atoms with Crippen molar-refractivity contribution in [2.24, 2.45) is 0 Å². The quantitative estimate of drug-likeness (QED) is 0.857. The standard InChI is InChI=1S/C14H17NO4/c1-14(2,3)8-4-5-10-9(6-8)15-13(18)11(19-10)7-12(16)17/h4-6,11H,7H2,1-3H3,(H,15,18)(H,16,17). The highest BCUT2D eigenvalue weighted by Gasteiger charge is 2.30. The van der Waals surface area contributed by atoms with E-state index < -0.39 is 18.0 Å². The fourth-order valence-electron chi connectivity index (χ4n) is 1.91. The summed E-state index contributed by atoms with van der Waals surface area (Å²) in [6, 6.07) is 5.56. The first-order valence-electron chi connectivity index (χ1n) is 6.11. The number of carbonyl (C=O) groups excluding carboxylic acids is 1. The second kappa shape index (κ2) is 4.57. The molecule has 1 aliphatic heterocycles. The van der Waals surface area contributed by atoms with E-state index in [0.29, 0.717) is 11.4 Å². The Morgan fingerprint density at radius 1 is 1.42 bits per heavy atom. The molecule has 102 valence electrons. The minimum absolute atomic E-state index is 0.0301. The number of hydrogen-bond donors (Lipinski definition) is 2. The van der Waals surface area contributed by atoms with E-state index in [9.17, 15) is 9.59 Å². The first-order chi connectivity index (χ1) is 8.77. The number of hydrogen-bond acceptors (Lipinski definition) is 3. The van der Waals surface area contributed by atoms with Gasteiger partial charge >= 0.3 is 5.97 Å². The third kappa shape index (κ3) is 2.86. The second-order valence-corrected chi connectivity index (χ2v) is 5.65. The number of aliphatic carboxylic acids is 1. The number of rotatable bonds is 2. The molecular weight excluding hydrogens is 246 g/mol. The Balaban J connectivity index is 2.28. The van der Waals surface area contributed by atoms with Crippen LogP contribution in [0.5, 0.6) is 5.75 Å². The summed E-state index contributed by atoms with van der Waals surface area (Å²) in [7, 11) is 0. The van der Waals surface area contributed by atoms with E-state index in [-0.39, 0.29) is 11.8 Å². The van der Waals surface area contributed by atoms with Crippen LogP contribution in [0.2, 0.25) is 0 Å². The number of ether oxygens (including phenoxy) is 1. The van der Waals surface area contributed by atoms with Crippen molar-refractivity contribution in [1.82, 2.24) is 0 Å². The predicted molar refractivity (Wildman–Crippen MR) is 70.4 cm³/mol. The van der Waals surface area contributed by atoms with Crippen LogP contribution in [-0.4, -0.2) is 23.1 Å². The lowest BCUT2D eigenvalue weighted by Crippen LogP contribution is -2.38. The van der Waals surface area contributed by atoms with Gasteiger partial charge in [-0.2, -0.15) is 0 Å². The zero-order chi connectivity index (χ0) is 14.2. The van der Waals surface area contributed by atoms with E-state index in [1.807, 2.05) is 12.1 Å². The van der Waals surface area contributed by atoms with Gasteiger partial charge in [-0.25, -0.2) is 0 Å². The van der Waals surface area contributed by atoms with Gasteiger partial charge < -0.3 is 15.2 Å². The highest BCUT2D eigenvalue weighted by Crippen LogP contribution is 2.34. The molecular formula is C14H17NO4. The summed E-state index contributed by atoms with van der Waals surface area (Å²) in [6.07, 6.45) is -1.31. The number of carboxylic acids is 1. The van der Waals surface area contributed by atoms with Gasteiger partial charge in [0.1, 0.15) is 5.75 Å². The largest absolute Gasteiger partial charge is 0.481 e.